The molecular weight excluding hydrogens is 122 g/mol. The van der Waals surface area contributed by atoms with Gasteiger partial charge in [0.25, 0.3) is 0 Å². The Morgan fingerprint density at radius 2 is 2.20 bits per heavy atom. The maximum absolute atomic E-state index is 6.16. The van der Waals surface area contributed by atoms with Crippen molar-refractivity contribution in [1.82, 2.24) is 0 Å². The van der Waals surface area contributed by atoms with E-state index in [2.05, 4.69) is 26.0 Å². The Morgan fingerprint density at radius 1 is 1.50 bits per heavy atom. The van der Waals surface area contributed by atoms with E-state index in [4.69, 9.17) is 5.73 Å². The number of hydrogen-bond acceptors (Lipinski definition) is 1. The smallest absolute Gasteiger partial charge is 0.0220 e. The van der Waals surface area contributed by atoms with Crippen molar-refractivity contribution < 1.29 is 0 Å². The van der Waals surface area contributed by atoms with Gasteiger partial charge in [0.1, 0.15) is 0 Å². The quantitative estimate of drug-likeness (QED) is 0.504. The fraction of sp³-hybridized carbons (Fsp3) is 0.778. The van der Waals surface area contributed by atoms with Crippen LogP contribution in [0.5, 0.6) is 0 Å². The second-order valence-corrected chi connectivity index (χ2v) is 4.05. The summed E-state index contributed by atoms with van der Waals surface area (Å²) in [6, 6.07) is 0. The molecule has 2 rings (SSSR count). The lowest BCUT2D eigenvalue weighted by molar-refractivity contribution is 0.295. The van der Waals surface area contributed by atoms with Crippen LogP contribution in [0.4, 0.5) is 0 Å². The van der Waals surface area contributed by atoms with Crippen molar-refractivity contribution in [1.29, 1.82) is 0 Å². The summed E-state index contributed by atoms with van der Waals surface area (Å²) in [5.74, 6) is 2.12. The number of nitrogens with two attached hydrogens (primary N) is 1. The first-order valence-electron chi connectivity index (χ1n) is 4.09. The minimum atomic E-state index is 0.0828. The van der Waals surface area contributed by atoms with E-state index >= 15 is 0 Å². The molecule has 1 saturated carbocycles. The van der Waals surface area contributed by atoms with Gasteiger partial charge in [-0.05, 0) is 31.1 Å². The summed E-state index contributed by atoms with van der Waals surface area (Å²) in [7, 11) is 0. The molecule has 0 spiro atoms. The van der Waals surface area contributed by atoms with Crippen LogP contribution in [0.15, 0.2) is 12.2 Å². The Hall–Kier alpha value is -0.300. The molecule has 56 valence electrons. The molecule has 1 fully saturated rings. The first kappa shape index (κ1) is 6.41. The summed E-state index contributed by atoms with van der Waals surface area (Å²) < 4.78 is 0. The van der Waals surface area contributed by atoms with Gasteiger partial charge in [-0.15, -0.1) is 0 Å². The van der Waals surface area contributed by atoms with Crippen molar-refractivity contribution >= 4 is 0 Å². The minimum absolute atomic E-state index is 0.0828. The Bertz CT molecular complexity index is 181. The Morgan fingerprint density at radius 3 is 2.50 bits per heavy atom. The topological polar surface area (TPSA) is 26.0 Å². The molecule has 2 N–H and O–H groups in total. The zero-order chi connectivity index (χ0) is 7.35. The molecule has 1 nitrogen and oxygen atoms in total. The summed E-state index contributed by atoms with van der Waals surface area (Å²) in [6.07, 6.45) is 5.93. The van der Waals surface area contributed by atoms with E-state index in [-0.39, 0.29) is 5.54 Å². The third-order valence-electron chi connectivity index (χ3n) is 3.54. The molecule has 0 unspecified atom stereocenters. The van der Waals surface area contributed by atoms with Crippen LogP contribution in [0, 0.1) is 17.8 Å². The van der Waals surface area contributed by atoms with E-state index in [0.717, 1.165) is 5.92 Å². The van der Waals surface area contributed by atoms with Crippen LogP contribution in [0.3, 0.4) is 0 Å². The van der Waals surface area contributed by atoms with Crippen LogP contribution in [-0.4, -0.2) is 5.54 Å². The van der Waals surface area contributed by atoms with Crippen LogP contribution in [-0.2, 0) is 0 Å². The molecule has 0 aromatic rings. The number of hydrogen-bond donors (Lipinski definition) is 1. The standard InChI is InChI=1S/C9H15N/c1-6-7-3-4-8(5-7)9(6,2)10/h3-4,6-8H,5,10H2,1-2H3/t6-,7+,8-,9+/m1/s1. The molecular formula is C9H15N. The van der Waals surface area contributed by atoms with Crippen molar-refractivity contribution in [2.45, 2.75) is 25.8 Å². The molecule has 0 aromatic carbocycles. The number of allylic oxidation sites excluding steroid dienone is 1. The molecule has 0 radical (unpaired) electrons. The fourth-order valence-corrected chi connectivity index (χ4v) is 2.36. The first-order valence-corrected chi connectivity index (χ1v) is 4.09. The van der Waals surface area contributed by atoms with E-state index < -0.39 is 0 Å². The lowest BCUT2D eigenvalue weighted by atomic mass is 9.79. The normalized spacial score (nSPS) is 58.1. The molecule has 0 aliphatic heterocycles. The summed E-state index contributed by atoms with van der Waals surface area (Å²) in [4.78, 5) is 0. The molecule has 2 aliphatic carbocycles. The van der Waals surface area contributed by atoms with E-state index in [1.807, 2.05) is 0 Å². The maximum atomic E-state index is 6.16. The number of rotatable bonds is 0. The molecule has 0 heterocycles. The maximum Gasteiger partial charge on any atom is 0.0220 e. The highest BCUT2D eigenvalue weighted by Gasteiger charge is 2.47. The largest absolute Gasteiger partial charge is 0.325 e. The molecule has 0 saturated heterocycles. The van der Waals surface area contributed by atoms with E-state index in [9.17, 15) is 0 Å². The van der Waals surface area contributed by atoms with Gasteiger partial charge in [0.15, 0.2) is 0 Å². The van der Waals surface area contributed by atoms with Gasteiger partial charge >= 0.3 is 0 Å². The predicted octanol–water partition coefficient (Wildman–Crippen LogP) is 1.55. The van der Waals surface area contributed by atoms with Crippen LogP contribution in [0.1, 0.15) is 20.3 Å². The van der Waals surface area contributed by atoms with Gasteiger partial charge in [-0.25, -0.2) is 0 Å². The Labute approximate surface area is 62.3 Å². The zero-order valence-corrected chi connectivity index (χ0v) is 6.67. The van der Waals surface area contributed by atoms with E-state index in [1.54, 1.807) is 0 Å². The predicted molar refractivity (Wildman–Crippen MR) is 42.5 cm³/mol. The van der Waals surface area contributed by atoms with Crippen molar-refractivity contribution in [3.63, 3.8) is 0 Å². The molecule has 1 heteroatoms. The molecule has 10 heavy (non-hydrogen) atoms. The third-order valence-corrected chi connectivity index (χ3v) is 3.54. The summed E-state index contributed by atoms with van der Waals surface area (Å²) in [5, 5.41) is 0. The Kier molecular flexibility index (Phi) is 1.06. The van der Waals surface area contributed by atoms with Crippen LogP contribution in [0.25, 0.3) is 0 Å². The highest BCUT2D eigenvalue weighted by Crippen LogP contribution is 2.48. The average molecular weight is 137 g/mol. The van der Waals surface area contributed by atoms with Crippen LogP contribution >= 0.6 is 0 Å². The SMILES string of the molecule is C[C@@H]1[C@H]2C=C[C@H](C2)[C@@]1(C)N. The monoisotopic (exact) mass is 137 g/mol. The molecule has 4 atom stereocenters. The van der Waals surface area contributed by atoms with Gasteiger partial charge in [-0.3, -0.25) is 0 Å². The summed E-state index contributed by atoms with van der Waals surface area (Å²) >= 11 is 0. The third kappa shape index (κ3) is 0.567. The van der Waals surface area contributed by atoms with Crippen LogP contribution < -0.4 is 5.73 Å². The summed E-state index contributed by atoms with van der Waals surface area (Å²) in [6.45, 7) is 4.46. The summed E-state index contributed by atoms with van der Waals surface area (Å²) in [5.41, 5.74) is 6.24. The van der Waals surface area contributed by atoms with Gasteiger partial charge in [0, 0.05) is 5.54 Å². The highest BCUT2D eigenvalue weighted by molar-refractivity contribution is 5.19. The van der Waals surface area contributed by atoms with Gasteiger partial charge in [-0.2, -0.15) is 0 Å². The van der Waals surface area contributed by atoms with Crippen molar-refractivity contribution in [2.24, 2.45) is 23.5 Å². The molecule has 2 aliphatic rings. The second-order valence-electron chi connectivity index (χ2n) is 4.05. The van der Waals surface area contributed by atoms with Crippen molar-refractivity contribution in [2.75, 3.05) is 0 Å². The van der Waals surface area contributed by atoms with Crippen LogP contribution in [0.2, 0.25) is 0 Å². The van der Waals surface area contributed by atoms with Gasteiger partial charge < -0.3 is 5.73 Å². The number of fused-ring (bicyclic) bond motifs is 2. The lowest BCUT2D eigenvalue weighted by Crippen LogP contribution is -2.46. The minimum Gasteiger partial charge on any atom is -0.325 e. The van der Waals surface area contributed by atoms with Crippen molar-refractivity contribution in [3.05, 3.63) is 12.2 Å². The fourth-order valence-electron chi connectivity index (χ4n) is 2.36. The molecule has 2 bridgehead atoms. The lowest BCUT2D eigenvalue weighted by Gasteiger charge is -2.32. The molecule has 0 amide bonds. The van der Waals surface area contributed by atoms with Gasteiger partial charge in [-0.1, -0.05) is 19.1 Å². The Balaban J connectivity index is 2.35. The first-order chi connectivity index (χ1) is 4.62. The van der Waals surface area contributed by atoms with Gasteiger partial charge in [0.2, 0.25) is 0 Å². The van der Waals surface area contributed by atoms with E-state index in [0.29, 0.717) is 11.8 Å². The second kappa shape index (κ2) is 1.65. The highest BCUT2D eigenvalue weighted by atomic mass is 14.8. The van der Waals surface area contributed by atoms with E-state index in [1.165, 1.54) is 6.42 Å². The van der Waals surface area contributed by atoms with Gasteiger partial charge in [0.05, 0.1) is 0 Å². The average Bonchev–Trinajstić information content (AvgIpc) is 2.37. The molecule has 0 aromatic heterocycles. The van der Waals surface area contributed by atoms with Crippen molar-refractivity contribution in [3.8, 4) is 0 Å². The zero-order valence-electron chi connectivity index (χ0n) is 6.67.